The maximum Gasteiger partial charge on any atom is 0.251 e. The summed E-state index contributed by atoms with van der Waals surface area (Å²) in [6, 6.07) is 17.3. The van der Waals surface area contributed by atoms with Crippen molar-refractivity contribution in [3.05, 3.63) is 65.7 Å². The lowest BCUT2D eigenvalue weighted by Gasteiger charge is -2.26. The molecular weight excluding hydrogens is 340 g/mol. The quantitative estimate of drug-likeness (QED) is 0.727. The Hall–Kier alpha value is -2.66. The first kappa shape index (κ1) is 19.1. The molecule has 1 N–H and O–H groups in total. The zero-order valence-electron chi connectivity index (χ0n) is 15.5. The van der Waals surface area contributed by atoms with E-state index in [1.807, 2.05) is 42.5 Å². The van der Waals surface area contributed by atoms with Crippen molar-refractivity contribution < 1.29 is 14.3 Å². The molecule has 2 aromatic rings. The average Bonchev–Trinajstić information content (AvgIpc) is 2.72. The van der Waals surface area contributed by atoms with Crippen molar-refractivity contribution in [2.45, 2.75) is 32.3 Å². The van der Waals surface area contributed by atoms with E-state index in [9.17, 15) is 9.59 Å². The zero-order chi connectivity index (χ0) is 18.9. The number of piperidine rings is 1. The molecule has 1 aliphatic heterocycles. The van der Waals surface area contributed by atoms with Crippen LogP contribution in [0.2, 0.25) is 0 Å². The van der Waals surface area contributed by atoms with E-state index in [0.29, 0.717) is 31.7 Å². The van der Waals surface area contributed by atoms with Gasteiger partial charge < -0.3 is 15.0 Å². The van der Waals surface area contributed by atoms with Crippen molar-refractivity contribution in [2.75, 3.05) is 24.6 Å². The summed E-state index contributed by atoms with van der Waals surface area (Å²) in [5.41, 5.74) is 2.62. The van der Waals surface area contributed by atoms with Gasteiger partial charge in [0.15, 0.2) is 0 Å². The van der Waals surface area contributed by atoms with Crippen LogP contribution >= 0.6 is 0 Å². The van der Waals surface area contributed by atoms with Crippen LogP contribution in [0.25, 0.3) is 0 Å². The lowest BCUT2D eigenvalue weighted by atomic mass is 10.1. The van der Waals surface area contributed by atoms with Gasteiger partial charge in [-0.15, -0.1) is 0 Å². The van der Waals surface area contributed by atoms with E-state index in [-0.39, 0.29) is 11.8 Å². The number of benzene rings is 2. The van der Waals surface area contributed by atoms with E-state index in [0.717, 1.165) is 37.1 Å². The molecule has 0 atom stereocenters. The van der Waals surface area contributed by atoms with E-state index >= 15 is 0 Å². The molecule has 0 saturated carbocycles. The van der Waals surface area contributed by atoms with E-state index in [2.05, 4.69) is 5.32 Å². The highest BCUT2D eigenvalue weighted by Gasteiger charge is 2.19. The summed E-state index contributed by atoms with van der Waals surface area (Å²) >= 11 is 0. The third-order valence-corrected chi connectivity index (χ3v) is 4.63. The van der Waals surface area contributed by atoms with Gasteiger partial charge in [0.2, 0.25) is 5.91 Å². The molecular formula is C22H26N2O3. The summed E-state index contributed by atoms with van der Waals surface area (Å²) in [7, 11) is 0. The molecule has 2 aromatic carbocycles. The van der Waals surface area contributed by atoms with Crippen LogP contribution in [-0.4, -0.2) is 31.5 Å². The number of anilines is 1. The highest BCUT2D eigenvalue weighted by Crippen LogP contribution is 2.21. The van der Waals surface area contributed by atoms with Gasteiger partial charge in [-0.3, -0.25) is 9.59 Å². The standard InChI is InChI=1S/C22H26N2O3/c25-21-9-4-5-15-24(21)20-12-10-19(11-13-20)22(26)23-14-6-16-27-17-18-7-2-1-3-8-18/h1-3,7-8,10-13H,4-6,9,14-17H2,(H,23,26). The fourth-order valence-electron chi connectivity index (χ4n) is 3.11. The molecule has 5 heteroatoms. The number of rotatable bonds is 8. The molecule has 27 heavy (non-hydrogen) atoms. The lowest BCUT2D eigenvalue weighted by molar-refractivity contribution is -0.119. The Morgan fingerprint density at radius 2 is 1.81 bits per heavy atom. The van der Waals surface area contributed by atoms with Crippen LogP contribution in [-0.2, 0) is 16.1 Å². The van der Waals surface area contributed by atoms with Crippen molar-refractivity contribution in [1.82, 2.24) is 5.32 Å². The summed E-state index contributed by atoms with van der Waals surface area (Å²) in [4.78, 5) is 26.0. The molecule has 0 aromatic heterocycles. The number of amides is 2. The number of carbonyl (C=O) groups excluding carboxylic acids is 2. The topological polar surface area (TPSA) is 58.6 Å². The Kier molecular flexibility index (Phi) is 6.99. The van der Waals surface area contributed by atoms with Gasteiger partial charge in [0.1, 0.15) is 0 Å². The number of hydrogen-bond donors (Lipinski definition) is 1. The number of carbonyl (C=O) groups is 2. The van der Waals surface area contributed by atoms with Crippen molar-refractivity contribution >= 4 is 17.5 Å². The number of hydrogen-bond acceptors (Lipinski definition) is 3. The fourth-order valence-corrected chi connectivity index (χ4v) is 3.11. The molecule has 0 aliphatic carbocycles. The van der Waals surface area contributed by atoms with Gasteiger partial charge in [-0.2, -0.15) is 0 Å². The second-order valence-corrected chi connectivity index (χ2v) is 6.70. The highest BCUT2D eigenvalue weighted by atomic mass is 16.5. The summed E-state index contributed by atoms with van der Waals surface area (Å²) in [5.74, 6) is 0.0588. The molecule has 0 radical (unpaired) electrons. The third-order valence-electron chi connectivity index (χ3n) is 4.63. The Balaban J connectivity index is 1.37. The number of nitrogens with one attached hydrogen (secondary N) is 1. The highest BCUT2D eigenvalue weighted by molar-refractivity contribution is 5.96. The van der Waals surface area contributed by atoms with E-state index in [1.165, 1.54) is 0 Å². The molecule has 1 fully saturated rings. The van der Waals surface area contributed by atoms with Gasteiger partial charge in [0.05, 0.1) is 6.61 Å². The van der Waals surface area contributed by atoms with Crippen LogP contribution in [0.15, 0.2) is 54.6 Å². The zero-order valence-corrected chi connectivity index (χ0v) is 15.5. The second kappa shape index (κ2) is 9.88. The van der Waals surface area contributed by atoms with Crippen LogP contribution in [0.5, 0.6) is 0 Å². The normalized spacial score (nSPS) is 14.2. The number of nitrogens with zero attached hydrogens (tertiary/aromatic N) is 1. The minimum Gasteiger partial charge on any atom is -0.377 e. The predicted molar refractivity (Wildman–Crippen MR) is 106 cm³/mol. The summed E-state index contributed by atoms with van der Waals surface area (Å²) in [5, 5.41) is 2.91. The molecule has 1 aliphatic rings. The molecule has 1 saturated heterocycles. The van der Waals surface area contributed by atoms with Crippen LogP contribution in [0.4, 0.5) is 5.69 Å². The lowest BCUT2D eigenvalue weighted by Crippen LogP contribution is -2.35. The van der Waals surface area contributed by atoms with Crippen molar-refractivity contribution in [3.63, 3.8) is 0 Å². The molecule has 1 heterocycles. The molecule has 5 nitrogen and oxygen atoms in total. The molecule has 142 valence electrons. The Morgan fingerprint density at radius 1 is 1.04 bits per heavy atom. The summed E-state index contributed by atoms with van der Waals surface area (Å²) in [6.07, 6.45) is 3.36. The van der Waals surface area contributed by atoms with Gasteiger partial charge in [-0.05, 0) is 49.1 Å². The van der Waals surface area contributed by atoms with Gasteiger partial charge in [-0.25, -0.2) is 0 Å². The minimum absolute atomic E-state index is 0.102. The van der Waals surface area contributed by atoms with Crippen LogP contribution < -0.4 is 10.2 Å². The maximum absolute atomic E-state index is 12.2. The Bertz CT molecular complexity index is 744. The van der Waals surface area contributed by atoms with Crippen molar-refractivity contribution in [1.29, 1.82) is 0 Å². The second-order valence-electron chi connectivity index (χ2n) is 6.70. The monoisotopic (exact) mass is 366 g/mol. The molecule has 0 spiro atoms. The van der Waals surface area contributed by atoms with Gasteiger partial charge >= 0.3 is 0 Å². The third kappa shape index (κ3) is 5.66. The Morgan fingerprint density at radius 3 is 2.56 bits per heavy atom. The molecule has 0 bridgehead atoms. The van der Waals surface area contributed by atoms with Crippen LogP contribution in [0.1, 0.15) is 41.6 Å². The summed E-state index contributed by atoms with van der Waals surface area (Å²) in [6.45, 7) is 2.52. The van der Waals surface area contributed by atoms with E-state index in [1.54, 1.807) is 17.0 Å². The van der Waals surface area contributed by atoms with E-state index in [4.69, 9.17) is 4.74 Å². The number of ether oxygens (including phenoxy) is 1. The first-order valence-corrected chi connectivity index (χ1v) is 9.54. The van der Waals surface area contributed by atoms with Gasteiger partial charge in [0, 0.05) is 37.4 Å². The average molecular weight is 366 g/mol. The minimum atomic E-state index is -0.102. The molecule has 0 unspecified atom stereocenters. The SMILES string of the molecule is O=C(NCCCOCc1ccccc1)c1ccc(N2CCCCC2=O)cc1. The van der Waals surface area contributed by atoms with Crippen molar-refractivity contribution in [2.24, 2.45) is 0 Å². The van der Waals surface area contributed by atoms with Gasteiger partial charge in [-0.1, -0.05) is 30.3 Å². The predicted octanol–water partition coefficient (Wildman–Crippen LogP) is 3.54. The van der Waals surface area contributed by atoms with E-state index < -0.39 is 0 Å². The molecule has 2 amide bonds. The maximum atomic E-state index is 12.2. The van der Waals surface area contributed by atoms with Gasteiger partial charge in [0.25, 0.3) is 5.91 Å². The smallest absolute Gasteiger partial charge is 0.251 e. The summed E-state index contributed by atoms with van der Waals surface area (Å²) < 4.78 is 5.61. The molecule has 3 rings (SSSR count). The van der Waals surface area contributed by atoms with Crippen LogP contribution in [0.3, 0.4) is 0 Å². The Labute approximate surface area is 160 Å². The first-order chi connectivity index (χ1) is 13.2. The van der Waals surface area contributed by atoms with Crippen molar-refractivity contribution in [3.8, 4) is 0 Å². The largest absolute Gasteiger partial charge is 0.377 e. The van der Waals surface area contributed by atoms with Crippen LogP contribution in [0, 0.1) is 0 Å². The first-order valence-electron chi connectivity index (χ1n) is 9.54. The fraction of sp³-hybridized carbons (Fsp3) is 0.364.